The molecule has 3 heterocycles. The minimum atomic E-state index is -0.852. The van der Waals surface area contributed by atoms with Gasteiger partial charge in [-0.3, -0.25) is 14.0 Å². The first-order chi connectivity index (χ1) is 11.1. The number of likely N-dealkylation sites (tertiary alicyclic amines) is 1. The Balaban J connectivity index is 1.56. The molecular weight excluding hydrogens is 296 g/mol. The Morgan fingerprint density at radius 3 is 2.70 bits per heavy atom. The van der Waals surface area contributed by atoms with Crippen LogP contribution in [0.15, 0.2) is 24.4 Å². The van der Waals surface area contributed by atoms with Crippen LogP contribution in [0.3, 0.4) is 0 Å². The molecule has 3 rings (SSSR count). The fraction of sp³-hybridized carbons (Fsp3) is 0.500. The molecule has 1 aliphatic heterocycles. The van der Waals surface area contributed by atoms with Crippen LogP contribution in [0.1, 0.15) is 43.8 Å². The number of hydrogen-bond acceptors (Lipinski definition) is 4. The number of piperidine rings is 1. The number of fused-ring (bicyclic) bond motifs is 1. The van der Waals surface area contributed by atoms with Crippen molar-refractivity contribution in [2.24, 2.45) is 0 Å². The van der Waals surface area contributed by atoms with E-state index in [2.05, 4.69) is 10.2 Å². The van der Waals surface area contributed by atoms with Gasteiger partial charge in [-0.15, -0.1) is 10.2 Å². The van der Waals surface area contributed by atoms with Crippen molar-refractivity contribution < 1.29 is 14.7 Å². The molecule has 0 aromatic carbocycles. The molecule has 7 nitrogen and oxygen atoms in total. The van der Waals surface area contributed by atoms with Gasteiger partial charge in [0, 0.05) is 38.0 Å². The van der Waals surface area contributed by atoms with Gasteiger partial charge in [0.1, 0.15) is 5.82 Å². The Morgan fingerprint density at radius 2 is 1.96 bits per heavy atom. The minimum absolute atomic E-state index is 0.0495. The maximum atomic E-state index is 12.1. The van der Waals surface area contributed by atoms with Gasteiger partial charge in [-0.2, -0.15) is 0 Å². The summed E-state index contributed by atoms with van der Waals surface area (Å²) in [5.74, 6) is 0.458. The lowest BCUT2D eigenvalue weighted by molar-refractivity contribution is -0.137. The van der Waals surface area contributed by atoms with Crippen molar-refractivity contribution >= 4 is 17.5 Å². The molecule has 0 atom stereocenters. The van der Waals surface area contributed by atoms with Crippen molar-refractivity contribution in [2.75, 3.05) is 13.1 Å². The monoisotopic (exact) mass is 316 g/mol. The summed E-state index contributed by atoms with van der Waals surface area (Å²) >= 11 is 0. The molecule has 2 aromatic heterocycles. The van der Waals surface area contributed by atoms with Crippen molar-refractivity contribution in [3.8, 4) is 0 Å². The van der Waals surface area contributed by atoms with Gasteiger partial charge in [-0.25, -0.2) is 0 Å². The van der Waals surface area contributed by atoms with E-state index in [-0.39, 0.29) is 12.3 Å². The number of aromatic nitrogens is 3. The molecule has 0 aliphatic carbocycles. The lowest BCUT2D eigenvalue weighted by atomic mass is 9.95. The summed E-state index contributed by atoms with van der Waals surface area (Å²) in [5, 5.41) is 17.1. The number of carboxylic acid groups (broad SMARTS) is 1. The van der Waals surface area contributed by atoms with Gasteiger partial charge >= 0.3 is 5.97 Å². The van der Waals surface area contributed by atoms with Crippen LogP contribution in [-0.4, -0.2) is 49.6 Å². The third kappa shape index (κ3) is 3.49. The first kappa shape index (κ1) is 15.5. The maximum Gasteiger partial charge on any atom is 0.303 e. The predicted octanol–water partition coefficient (Wildman–Crippen LogP) is 1.69. The van der Waals surface area contributed by atoms with Crippen LogP contribution in [-0.2, 0) is 9.59 Å². The van der Waals surface area contributed by atoms with Crippen LogP contribution in [0, 0.1) is 0 Å². The van der Waals surface area contributed by atoms with Crippen molar-refractivity contribution in [1.82, 2.24) is 19.5 Å². The summed E-state index contributed by atoms with van der Waals surface area (Å²) in [5.41, 5.74) is 0.842. The molecule has 1 fully saturated rings. The Bertz CT molecular complexity index is 704. The van der Waals surface area contributed by atoms with Gasteiger partial charge in [-0.1, -0.05) is 6.07 Å². The summed E-state index contributed by atoms with van der Waals surface area (Å²) in [4.78, 5) is 24.4. The molecule has 1 N–H and O–H groups in total. The zero-order valence-corrected chi connectivity index (χ0v) is 12.9. The fourth-order valence-electron chi connectivity index (χ4n) is 3.07. The predicted molar refractivity (Wildman–Crippen MR) is 83.0 cm³/mol. The SMILES string of the molecule is O=C(O)CCCC(=O)N1CCC(c2nnc3ccccn23)CC1. The second kappa shape index (κ2) is 6.76. The molecule has 0 spiro atoms. The van der Waals surface area contributed by atoms with Crippen molar-refractivity contribution in [3.63, 3.8) is 0 Å². The van der Waals surface area contributed by atoms with Crippen LogP contribution < -0.4 is 0 Å². The summed E-state index contributed by atoms with van der Waals surface area (Å²) in [7, 11) is 0. The van der Waals surface area contributed by atoms with E-state index < -0.39 is 5.97 Å². The van der Waals surface area contributed by atoms with Crippen LogP contribution in [0.4, 0.5) is 0 Å². The Labute approximate surface area is 133 Å². The topological polar surface area (TPSA) is 87.8 Å². The van der Waals surface area contributed by atoms with Gasteiger partial charge in [-0.05, 0) is 31.4 Å². The maximum absolute atomic E-state index is 12.1. The Morgan fingerprint density at radius 1 is 1.17 bits per heavy atom. The summed E-state index contributed by atoms with van der Waals surface area (Å²) in [6.07, 6.45) is 4.45. The first-order valence-corrected chi connectivity index (χ1v) is 7.94. The second-order valence-electron chi connectivity index (χ2n) is 5.89. The quantitative estimate of drug-likeness (QED) is 0.907. The van der Waals surface area contributed by atoms with E-state index in [9.17, 15) is 9.59 Å². The number of hydrogen-bond donors (Lipinski definition) is 1. The second-order valence-corrected chi connectivity index (χ2v) is 5.89. The molecule has 0 bridgehead atoms. The highest BCUT2D eigenvalue weighted by Gasteiger charge is 2.26. The number of pyridine rings is 1. The van der Waals surface area contributed by atoms with E-state index in [1.165, 1.54) is 0 Å². The molecule has 122 valence electrons. The van der Waals surface area contributed by atoms with E-state index in [1.54, 1.807) is 0 Å². The van der Waals surface area contributed by atoms with Crippen LogP contribution in [0.5, 0.6) is 0 Å². The van der Waals surface area contributed by atoms with Crippen LogP contribution >= 0.6 is 0 Å². The number of aliphatic carboxylic acids is 1. The summed E-state index contributed by atoms with van der Waals surface area (Å²) < 4.78 is 2.01. The van der Waals surface area contributed by atoms with E-state index in [1.807, 2.05) is 33.7 Å². The van der Waals surface area contributed by atoms with Gasteiger partial charge in [0.05, 0.1) is 0 Å². The molecule has 0 radical (unpaired) electrons. The van der Waals surface area contributed by atoms with Crippen LogP contribution in [0.25, 0.3) is 5.65 Å². The molecule has 0 unspecified atom stereocenters. The van der Waals surface area contributed by atoms with E-state index in [0.29, 0.717) is 31.8 Å². The molecule has 23 heavy (non-hydrogen) atoms. The van der Waals surface area contributed by atoms with Gasteiger partial charge in [0.25, 0.3) is 0 Å². The standard InChI is InChI=1S/C16H20N4O3/c21-14(5-3-6-15(22)23)19-10-7-12(8-11-19)16-18-17-13-4-1-2-9-20(13)16/h1-2,4,9,12H,3,5-8,10-11H2,(H,22,23). The van der Waals surface area contributed by atoms with Crippen molar-refractivity contribution in [1.29, 1.82) is 0 Å². The van der Waals surface area contributed by atoms with Gasteiger partial charge < -0.3 is 10.0 Å². The molecule has 7 heteroatoms. The number of carboxylic acids is 1. The number of carbonyl (C=O) groups excluding carboxylic acids is 1. The molecule has 1 amide bonds. The minimum Gasteiger partial charge on any atom is -0.481 e. The fourth-order valence-corrected chi connectivity index (χ4v) is 3.07. The lowest BCUT2D eigenvalue weighted by Gasteiger charge is -2.31. The van der Waals surface area contributed by atoms with Crippen LogP contribution in [0.2, 0.25) is 0 Å². The number of amides is 1. The normalized spacial score (nSPS) is 15.9. The highest BCUT2D eigenvalue weighted by atomic mass is 16.4. The Hall–Kier alpha value is -2.44. The molecule has 1 aliphatic rings. The van der Waals surface area contributed by atoms with Crippen molar-refractivity contribution in [2.45, 2.75) is 38.0 Å². The molecule has 1 saturated heterocycles. The highest BCUT2D eigenvalue weighted by molar-refractivity contribution is 5.77. The van der Waals surface area contributed by atoms with Gasteiger partial charge in [0.2, 0.25) is 5.91 Å². The highest BCUT2D eigenvalue weighted by Crippen LogP contribution is 2.27. The Kier molecular flexibility index (Phi) is 4.55. The lowest BCUT2D eigenvalue weighted by Crippen LogP contribution is -2.38. The molecular formula is C16H20N4O3. The first-order valence-electron chi connectivity index (χ1n) is 7.94. The number of carbonyl (C=O) groups is 2. The summed E-state index contributed by atoms with van der Waals surface area (Å²) in [6.45, 7) is 1.39. The van der Waals surface area contributed by atoms with Crippen molar-refractivity contribution in [3.05, 3.63) is 30.2 Å². The van der Waals surface area contributed by atoms with Gasteiger partial charge in [0.15, 0.2) is 5.65 Å². The number of nitrogens with zero attached hydrogens (tertiary/aromatic N) is 4. The third-order valence-corrected chi connectivity index (χ3v) is 4.33. The average Bonchev–Trinajstić information content (AvgIpc) is 2.98. The summed E-state index contributed by atoms with van der Waals surface area (Å²) in [6, 6.07) is 5.82. The van der Waals surface area contributed by atoms with E-state index in [0.717, 1.165) is 24.3 Å². The largest absolute Gasteiger partial charge is 0.481 e. The van der Waals surface area contributed by atoms with E-state index in [4.69, 9.17) is 5.11 Å². The molecule has 0 saturated carbocycles. The zero-order valence-electron chi connectivity index (χ0n) is 12.9. The third-order valence-electron chi connectivity index (χ3n) is 4.33. The molecule has 2 aromatic rings. The average molecular weight is 316 g/mol. The smallest absolute Gasteiger partial charge is 0.303 e. The number of rotatable bonds is 5. The zero-order chi connectivity index (χ0) is 16.2. The van der Waals surface area contributed by atoms with E-state index >= 15 is 0 Å².